The van der Waals surface area contributed by atoms with E-state index in [1.54, 1.807) is 5.55 Å². The van der Waals surface area contributed by atoms with Gasteiger partial charge in [-0.3, -0.25) is 0 Å². The molecule has 0 radical (unpaired) electrons. The van der Waals surface area contributed by atoms with Crippen molar-refractivity contribution in [1.29, 1.82) is 0 Å². The summed E-state index contributed by atoms with van der Waals surface area (Å²) in [5, 5.41) is 3.45. The first-order valence-corrected chi connectivity index (χ1v) is 1.89. The molecule has 0 saturated heterocycles. The SMILES string of the molecule is C1=NNOS1. The molecule has 3 nitrogen and oxygen atoms in total. The van der Waals surface area contributed by atoms with Gasteiger partial charge in [0.05, 0.1) is 12.0 Å². The van der Waals surface area contributed by atoms with Crippen molar-refractivity contribution in [3.63, 3.8) is 0 Å². The zero-order valence-corrected chi connectivity index (χ0v) is 3.16. The Bertz CT molecular complexity index is 47.6. The van der Waals surface area contributed by atoms with Gasteiger partial charge in [0.2, 0.25) is 0 Å². The van der Waals surface area contributed by atoms with E-state index in [1.807, 2.05) is 0 Å². The van der Waals surface area contributed by atoms with Gasteiger partial charge in [0.15, 0.2) is 0 Å². The van der Waals surface area contributed by atoms with Gasteiger partial charge in [-0.25, -0.2) is 0 Å². The molecule has 1 aliphatic heterocycles. The number of rotatable bonds is 0. The summed E-state index contributed by atoms with van der Waals surface area (Å²) in [5.41, 5.74) is 3.82. The van der Waals surface area contributed by atoms with E-state index < -0.39 is 0 Å². The fraction of sp³-hybridized carbons (Fsp3) is 0. The molecule has 5 heavy (non-hydrogen) atoms. The zero-order chi connectivity index (χ0) is 3.54. The van der Waals surface area contributed by atoms with Crippen LogP contribution in [0.5, 0.6) is 0 Å². The molecule has 0 amide bonds. The molecule has 0 aromatic heterocycles. The molecular weight excluding hydrogens is 88.1 g/mol. The topological polar surface area (TPSA) is 33.6 Å². The Morgan fingerprint density at radius 2 is 3.00 bits per heavy atom. The highest BCUT2D eigenvalue weighted by atomic mass is 32.2. The van der Waals surface area contributed by atoms with Crippen LogP contribution in [0, 0.1) is 0 Å². The summed E-state index contributed by atoms with van der Waals surface area (Å²) in [6.07, 6.45) is 0. The van der Waals surface area contributed by atoms with Gasteiger partial charge in [0, 0.05) is 0 Å². The highest BCUT2D eigenvalue weighted by Crippen LogP contribution is 1.97. The molecule has 1 rings (SSSR count). The van der Waals surface area contributed by atoms with Crippen molar-refractivity contribution in [2.24, 2.45) is 5.10 Å². The standard InChI is InChI=1S/CH2N2OS/c1-2-3-4-5-1/h1,3H. The van der Waals surface area contributed by atoms with E-state index in [0.717, 1.165) is 0 Å². The van der Waals surface area contributed by atoms with Gasteiger partial charge in [-0.1, -0.05) is 0 Å². The van der Waals surface area contributed by atoms with Crippen molar-refractivity contribution < 1.29 is 4.28 Å². The van der Waals surface area contributed by atoms with Crippen LogP contribution in [0.15, 0.2) is 5.10 Å². The highest BCUT2D eigenvalue weighted by Gasteiger charge is 1.84. The molecule has 1 aliphatic rings. The van der Waals surface area contributed by atoms with Crippen LogP contribution in [0.2, 0.25) is 0 Å². The summed E-state index contributed by atoms with van der Waals surface area (Å²) in [6, 6.07) is 0. The zero-order valence-electron chi connectivity index (χ0n) is 2.34. The Morgan fingerprint density at radius 3 is 3.20 bits per heavy atom. The van der Waals surface area contributed by atoms with E-state index >= 15 is 0 Å². The Balaban J connectivity index is 2.32. The van der Waals surface area contributed by atoms with E-state index in [9.17, 15) is 0 Å². The lowest BCUT2D eigenvalue weighted by Gasteiger charge is -1.76. The second-order valence-corrected chi connectivity index (χ2v) is 1.08. The summed E-state index contributed by atoms with van der Waals surface area (Å²) in [5.74, 6) is 0. The molecule has 0 aliphatic carbocycles. The normalized spacial score (nSPS) is 19.2. The Kier molecular flexibility index (Phi) is 0.764. The second kappa shape index (κ2) is 1.28. The monoisotopic (exact) mass is 90.0 g/mol. The Morgan fingerprint density at radius 1 is 2.00 bits per heavy atom. The van der Waals surface area contributed by atoms with E-state index in [2.05, 4.69) is 15.0 Å². The summed E-state index contributed by atoms with van der Waals surface area (Å²) in [4.78, 5) is 0. The largest absolute Gasteiger partial charge is 0.182 e. The first-order valence-electron chi connectivity index (χ1n) is 1.09. The van der Waals surface area contributed by atoms with Crippen LogP contribution in [0.4, 0.5) is 0 Å². The molecule has 4 heteroatoms. The molecule has 0 atom stereocenters. The maximum atomic E-state index is 4.39. The predicted molar refractivity (Wildman–Crippen MR) is 20.3 cm³/mol. The molecule has 0 fully saturated rings. The molecule has 1 N–H and O–H groups in total. The Hall–Kier alpha value is -0.220. The van der Waals surface area contributed by atoms with Crippen molar-refractivity contribution in [3.8, 4) is 0 Å². The number of nitrogens with zero attached hydrogens (tertiary/aromatic N) is 1. The molecule has 0 bridgehead atoms. The van der Waals surface area contributed by atoms with Crippen molar-refractivity contribution in [3.05, 3.63) is 0 Å². The summed E-state index contributed by atoms with van der Waals surface area (Å²) < 4.78 is 4.39. The van der Waals surface area contributed by atoms with Crippen LogP contribution in [-0.4, -0.2) is 5.55 Å². The van der Waals surface area contributed by atoms with Crippen LogP contribution in [0.25, 0.3) is 0 Å². The molecule has 1 heterocycles. The fourth-order valence-corrected chi connectivity index (χ4v) is 0.323. The van der Waals surface area contributed by atoms with Gasteiger partial charge in [-0.05, 0) is 0 Å². The maximum Gasteiger partial charge on any atom is 0.113 e. The average Bonchev–Trinajstić information content (AvgIpc) is 1.76. The van der Waals surface area contributed by atoms with Gasteiger partial charge in [0.1, 0.15) is 5.55 Å². The van der Waals surface area contributed by atoms with Crippen LogP contribution >= 0.6 is 12.0 Å². The number of hydrogen-bond acceptors (Lipinski definition) is 4. The van der Waals surface area contributed by atoms with Gasteiger partial charge < -0.3 is 0 Å². The smallest absolute Gasteiger partial charge is 0.113 e. The molecule has 28 valence electrons. The molecule has 0 aromatic carbocycles. The summed E-state index contributed by atoms with van der Waals surface area (Å²) in [6.45, 7) is 0. The predicted octanol–water partition coefficient (Wildman–Crippen LogP) is 0.113. The molecule has 0 aromatic rings. The van der Waals surface area contributed by atoms with Crippen molar-refractivity contribution in [2.45, 2.75) is 0 Å². The van der Waals surface area contributed by atoms with Crippen molar-refractivity contribution in [1.82, 2.24) is 5.59 Å². The van der Waals surface area contributed by atoms with Gasteiger partial charge >= 0.3 is 0 Å². The van der Waals surface area contributed by atoms with Gasteiger partial charge in [-0.2, -0.15) is 15.0 Å². The fourth-order valence-electron chi connectivity index (χ4n) is 0.108. The minimum Gasteiger partial charge on any atom is -0.182 e. The van der Waals surface area contributed by atoms with Crippen LogP contribution in [-0.2, 0) is 4.28 Å². The number of hydrogen-bond donors (Lipinski definition) is 1. The molecular formula is CH2N2OS. The third kappa shape index (κ3) is 0.524. The van der Waals surface area contributed by atoms with E-state index in [4.69, 9.17) is 0 Å². The third-order valence-electron chi connectivity index (χ3n) is 0.234. The lowest BCUT2D eigenvalue weighted by molar-refractivity contribution is 0.259. The van der Waals surface area contributed by atoms with Crippen LogP contribution in [0.1, 0.15) is 0 Å². The minimum atomic E-state index is 1.17. The highest BCUT2D eigenvalue weighted by molar-refractivity contribution is 8.08. The molecule has 0 unspecified atom stereocenters. The minimum absolute atomic E-state index is 1.17. The van der Waals surface area contributed by atoms with Gasteiger partial charge in [0.25, 0.3) is 0 Å². The van der Waals surface area contributed by atoms with Crippen molar-refractivity contribution in [2.75, 3.05) is 0 Å². The lowest BCUT2D eigenvalue weighted by Crippen LogP contribution is -1.89. The second-order valence-electron chi connectivity index (χ2n) is 0.505. The number of nitrogens with one attached hydrogen (secondary N) is 1. The van der Waals surface area contributed by atoms with E-state index in [1.165, 1.54) is 12.0 Å². The van der Waals surface area contributed by atoms with Gasteiger partial charge in [-0.15, -0.1) is 0 Å². The lowest BCUT2D eigenvalue weighted by atomic mass is 11.7. The average molecular weight is 90.1 g/mol. The quantitative estimate of drug-likeness (QED) is 0.429. The number of hydrazone groups is 1. The third-order valence-corrected chi connectivity index (χ3v) is 0.596. The summed E-state index contributed by atoms with van der Waals surface area (Å²) >= 11 is 1.17. The van der Waals surface area contributed by atoms with E-state index in [-0.39, 0.29) is 0 Å². The first kappa shape index (κ1) is 2.99. The molecule has 0 spiro atoms. The maximum absolute atomic E-state index is 4.39. The van der Waals surface area contributed by atoms with Crippen molar-refractivity contribution >= 4 is 17.6 Å². The van der Waals surface area contributed by atoms with Crippen LogP contribution < -0.4 is 5.59 Å². The first-order chi connectivity index (χ1) is 2.50. The van der Waals surface area contributed by atoms with E-state index in [0.29, 0.717) is 0 Å². The Labute approximate surface area is 33.5 Å². The summed E-state index contributed by atoms with van der Waals surface area (Å²) in [7, 11) is 0. The molecule has 0 saturated carbocycles. The van der Waals surface area contributed by atoms with Crippen LogP contribution in [0.3, 0.4) is 0 Å².